The monoisotopic (exact) mass is 447 g/mol. The Labute approximate surface area is 181 Å². The highest BCUT2D eigenvalue weighted by molar-refractivity contribution is 6.42. The topological polar surface area (TPSA) is 69.7 Å². The number of carbonyl (C=O) groups excluding carboxylic acids is 3. The Morgan fingerprint density at radius 1 is 0.967 bits per heavy atom. The van der Waals surface area contributed by atoms with Crippen molar-refractivity contribution in [3.63, 3.8) is 0 Å². The number of rotatable bonds is 3. The highest BCUT2D eigenvalue weighted by Gasteiger charge is 2.37. The fourth-order valence-corrected chi connectivity index (χ4v) is 4.03. The molecule has 154 valence electrons. The molecule has 2 aliphatic rings. The third-order valence-electron chi connectivity index (χ3n) is 4.98. The van der Waals surface area contributed by atoms with Crippen molar-refractivity contribution in [1.29, 1.82) is 0 Å². The molecule has 9 heteroatoms. The number of imide groups is 2. The number of hydrogen-bond acceptors (Lipinski definition) is 4. The van der Waals surface area contributed by atoms with Gasteiger partial charge < -0.3 is 4.90 Å². The standard InChI is InChI=1S/C21H16Cl2FN3O3/c22-13-4-6-17(15(23)11-13)27-20(29)14(19(28)25-21(27)30)9-12-3-5-18(16(24)10-12)26-7-1-2-8-26/h3-6,9-11H,1-2,7-8H2,(H,25,28,30)/b14-9-. The summed E-state index contributed by atoms with van der Waals surface area (Å²) in [5.74, 6) is -2.17. The number of carbonyl (C=O) groups is 3. The van der Waals surface area contributed by atoms with Crippen molar-refractivity contribution in [2.24, 2.45) is 0 Å². The van der Waals surface area contributed by atoms with Crippen LogP contribution >= 0.6 is 23.2 Å². The molecule has 30 heavy (non-hydrogen) atoms. The van der Waals surface area contributed by atoms with E-state index in [1.807, 2.05) is 4.90 Å². The van der Waals surface area contributed by atoms with Gasteiger partial charge in [-0.3, -0.25) is 14.9 Å². The van der Waals surface area contributed by atoms with Crippen molar-refractivity contribution >= 4 is 58.5 Å². The first kappa shape index (κ1) is 20.4. The van der Waals surface area contributed by atoms with E-state index in [0.717, 1.165) is 30.8 Å². The van der Waals surface area contributed by atoms with E-state index in [9.17, 15) is 18.8 Å². The van der Waals surface area contributed by atoms with E-state index in [1.165, 1.54) is 30.3 Å². The molecule has 2 saturated heterocycles. The Kier molecular flexibility index (Phi) is 5.49. The summed E-state index contributed by atoms with van der Waals surface area (Å²) >= 11 is 12.0. The Hall–Kier alpha value is -2.90. The van der Waals surface area contributed by atoms with E-state index in [1.54, 1.807) is 12.1 Å². The molecule has 2 aliphatic heterocycles. The smallest absolute Gasteiger partial charge is 0.335 e. The maximum absolute atomic E-state index is 14.6. The second kappa shape index (κ2) is 8.08. The molecule has 6 nitrogen and oxygen atoms in total. The lowest BCUT2D eigenvalue weighted by Gasteiger charge is -2.27. The summed E-state index contributed by atoms with van der Waals surface area (Å²) in [5, 5.41) is 2.50. The molecule has 2 heterocycles. The Morgan fingerprint density at radius 2 is 1.67 bits per heavy atom. The highest BCUT2D eigenvalue weighted by atomic mass is 35.5. The molecule has 2 aromatic rings. The zero-order valence-electron chi connectivity index (χ0n) is 15.6. The van der Waals surface area contributed by atoms with Crippen LogP contribution in [0.4, 0.5) is 20.6 Å². The van der Waals surface area contributed by atoms with Gasteiger partial charge in [-0.15, -0.1) is 0 Å². The molecule has 0 atom stereocenters. The van der Waals surface area contributed by atoms with Crippen LogP contribution in [-0.2, 0) is 9.59 Å². The molecule has 0 aliphatic carbocycles. The minimum Gasteiger partial charge on any atom is -0.369 e. The molecule has 0 saturated carbocycles. The van der Waals surface area contributed by atoms with Crippen LogP contribution < -0.4 is 15.1 Å². The first-order valence-corrected chi connectivity index (χ1v) is 10.0. The normalized spacial score (nSPS) is 18.4. The largest absolute Gasteiger partial charge is 0.369 e. The SMILES string of the molecule is O=C1NC(=O)N(c2ccc(Cl)cc2Cl)C(=O)/C1=C\c1ccc(N2CCCC2)c(F)c1. The van der Waals surface area contributed by atoms with Gasteiger partial charge in [0.1, 0.15) is 11.4 Å². The van der Waals surface area contributed by atoms with Gasteiger partial charge >= 0.3 is 6.03 Å². The van der Waals surface area contributed by atoms with Crippen molar-refractivity contribution < 1.29 is 18.8 Å². The molecular formula is C21H16Cl2FN3O3. The fraction of sp³-hybridized carbons (Fsp3) is 0.190. The lowest BCUT2D eigenvalue weighted by molar-refractivity contribution is -0.122. The molecule has 2 fully saturated rings. The minimum absolute atomic E-state index is 0.0701. The van der Waals surface area contributed by atoms with Crippen molar-refractivity contribution in [3.8, 4) is 0 Å². The molecule has 0 aromatic heterocycles. The van der Waals surface area contributed by atoms with E-state index in [-0.39, 0.29) is 16.3 Å². The number of barbiturate groups is 1. The first-order chi connectivity index (χ1) is 14.3. The van der Waals surface area contributed by atoms with Gasteiger partial charge in [0.05, 0.1) is 16.4 Å². The number of amides is 4. The molecule has 4 rings (SSSR count). The quantitative estimate of drug-likeness (QED) is 0.559. The zero-order valence-corrected chi connectivity index (χ0v) is 17.1. The second-order valence-corrected chi connectivity index (χ2v) is 7.80. The van der Waals surface area contributed by atoms with Gasteiger partial charge in [-0.1, -0.05) is 29.3 Å². The predicted octanol–water partition coefficient (Wildman–Crippen LogP) is 4.40. The summed E-state index contributed by atoms with van der Waals surface area (Å²) in [4.78, 5) is 40.2. The number of urea groups is 1. The summed E-state index contributed by atoms with van der Waals surface area (Å²) in [6, 6.07) is 7.83. The van der Waals surface area contributed by atoms with Crippen LogP contribution in [0.5, 0.6) is 0 Å². The zero-order chi connectivity index (χ0) is 21.4. The van der Waals surface area contributed by atoms with E-state index < -0.39 is 23.7 Å². The Morgan fingerprint density at radius 3 is 2.33 bits per heavy atom. The molecule has 1 N–H and O–H groups in total. The number of benzene rings is 2. The number of anilines is 2. The van der Waals surface area contributed by atoms with E-state index in [2.05, 4.69) is 5.32 Å². The van der Waals surface area contributed by atoms with Gasteiger partial charge in [0.2, 0.25) is 0 Å². The average molecular weight is 448 g/mol. The van der Waals surface area contributed by atoms with Crippen molar-refractivity contribution in [2.75, 3.05) is 22.9 Å². The van der Waals surface area contributed by atoms with Gasteiger partial charge in [0.15, 0.2) is 0 Å². The van der Waals surface area contributed by atoms with Gasteiger partial charge in [0, 0.05) is 18.1 Å². The highest BCUT2D eigenvalue weighted by Crippen LogP contribution is 2.32. The molecule has 0 bridgehead atoms. The first-order valence-electron chi connectivity index (χ1n) is 9.26. The van der Waals surface area contributed by atoms with Crippen molar-refractivity contribution in [1.82, 2.24) is 5.32 Å². The molecule has 2 aromatic carbocycles. The predicted molar refractivity (Wildman–Crippen MR) is 113 cm³/mol. The maximum atomic E-state index is 14.6. The van der Waals surface area contributed by atoms with Crippen LogP contribution in [0.25, 0.3) is 6.08 Å². The Bertz CT molecular complexity index is 1100. The molecule has 0 spiro atoms. The average Bonchev–Trinajstić information content (AvgIpc) is 3.21. The van der Waals surface area contributed by atoms with Crippen LogP contribution in [-0.4, -0.2) is 30.9 Å². The third kappa shape index (κ3) is 3.78. The minimum atomic E-state index is -0.929. The van der Waals surface area contributed by atoms with Crippen LogP contribution in [0.2, 0.25) is 10.0 Å². The van der Waals surface area contributed by atoms with E-state index >= 15 is 0 Å². The van der Waals surface area contributed by atoms with Crippen LogP contribution in [0.3, 0.4) is 0 Å². The maximum Gasteiger partial charge on any atom is 0.335 e. The van der Waals surface area contributed by atoms with E-state index in [0.29, 0.717) is 16.3 Å². The second-order valence-electron chi connectivity index (χ2n) is 6.96. The fourth-order valence-electron chi connectivity index (χ4n) is 3.53. The lowest BCUT2D eigenvalue weighted by atomic mass is 10.1. The number of nitrogens with zero attached hydrogens (tertiary/aromatic N) is 2. The number of nitrogens with one attached hydrogen (secondary N) is 1. The number of halogens is 3. The number of hydrogen-bond donors (Lipinski definition) is 1. The van der Waals surface area contributed by atoms with Crippen molar-refractivity contribution in [3.05, 3.63) is 63.4 Å². The van der Waals surface area contributed by atoms with Gasteiger partial charge in [-0.25, -0.2) is 14.1 Å². The summed E-state index contributed by atoms with van der Waals surface area (Å²) in [5.41, 5.74) is 0.579. The summed E-state index contributed by atoms with van der Waals surface area (Å²) in [7, 11) is 0. The Balaban J connectivity index is 1.68. The molecule has 0 radical (unpaired) electrons. The molecule has 4 amide bonds. The third-order valence-corrected chi connectivity index (χ3v) is 5.52. The van der Waals surface area contributed by atoms with Crippen LogP contribution in [0, 0.1) is 5.82 Å². The lowest BCUT2D eigenvalue weighted by Crippen LogP contribution is -2.54. The molecule has 0 unspecified atom stereocenters. The summed E-state index contributed by atoms with van der Waals surface area (Å²) in [6.07, 6.45) is 3.27. The van der Waals surface area contributed by atoms with E-state index in [4.69, 9.17) is 23.2 Å². The van der Waals surface area contributed by atoms with Crippen LogP contribution in [0.1, 0.15) is 18.4 Å². The van der Waals surface area contributed by atoms with Crippen LogP contribution in [0.15, 0.2) is 42.0 Å². The molecular weight excluding hydrogens is 432 g/mol. The summed E-state index contributed by atoms with van der Waals surface area (Å²) in [6.45, 7) is 1.58. The summed E-state index contributed by atoms with van der Waals surface area (Å²) < 4.78 is 14.6. The van der Waals surface area contributed by atoms with Gasteiger partial charge in [-0.2, -0.15) is 0 Å². The van der Waals surface area contributed by atoms with Gasteiger partial charge in [-0.05, 0) is 54.8 Å². The van der Waals surface area contributed by atoms with Crippen molar-refractivity contribution in [2.45, 2.75) is 12.8 Å². The van der Waals surface area contributed by atoms with Gasteiger partial charge in [0.25, 0.3) is 11.8 Å².